The van der Waals surface area contributed by atoms with E-state index in [-0.39, 0.29) is 27.5 Å². The molecule has 0 radical (unpaired) electrons. The third kappa shape index (κ3) is 3.47. The van der Waals surface area contributed by atoms with E-state index >= 15 is 0 Å². The second-order valence-electron chi connectivity index (χ2n) is 4.54. The van der Waals surface area contributed by atoms with Gasteiger partial charge >= 0.3 is 10.1 Å². The third-order valence-corrected chi connectivity index (χ3v) is 4.38. The highest BCUT2D eigenvalue weighted by Gasteiger charge is 2.23. The summed E-state index contributed by atoms with van der Waals surface area (Å²) in [5.74, 6) is 0.213. The van der Waals surface area contributed by atoms with Gasteiger partial charge in [0.25, 0.3) is 0 Å². The zero-order valence-electron chi connectivity index (χ0n) is 12.8. The van der Waals surface area contributed by atoms with E-state index in [0.29, 0.717) is 12.0 Å². The van der Waals surface area contributed by atoms with Crippen molar-refractivity contribution in [1.82, 2.24) is 0 Å². The van der Waals surface area contributed by atoms with Crippen molar-refractivity contribution >= 4 is 16.4 Å². The molecule has 0 fully saturated rings. The van der Waals surface area contributed by atoms with Gasteiger partial charge in [-0.15, -0.1) is 0 Å². The van der Waals surface area contributed by atoms with Gasteiger partial charge in [0.05, 0.1) is 31.4 Å². The van der Waals surface area contributed by atoms with Crippen LogP contribution in [-0.4, -0.2) is 28.9 Å². The van der Waals surface area contributed by atoms with Crippen LogP contribution in [0.15, 0.2) is 41.3 Å². The highest BCUT2D eigenvalue weighted by atomic mass is 32.2. The summed E-state index contributed by atoms with van der Waals surface area (Å²) >= 11 is 0. The highest BCUT2D eigenvalue weighted by Crippen LogP contribution is 2.30. The molecule has 0 aliphatic heterocycles. The number of hydrogen-bond donors (Lipinski definition) is 0. The number of carbonyl (C=O) groups is 1. The van der Waals surface area contributed by atoms with Crippen molar-refractivity contribution in [3.8, 4) is 23.3 Å². The molecule has 2 rings (SSSR count). The van der Waals surface area contributed by atoms with Crippen LogP contribution < -0.4 is 13.7 Å². The number of hydrogen-bond acceptors (Lipinski definition) is 7. The molecule has 8 heteroatoms. The smallest absolute Gasteiger partial charge is 0.342 e. The Bertz CT molecular complexity index is 915. The van der Waals surface area contributed by atoms with Crippen LogP contribution in [0.2, 0.25) is 0 Å². The third-order valence-electron chi connectivity index (χ3n) is 3.11. The van der Waals surface area contributed by atoms with Crippen molar-refractivity contribution in [2.45, 2.75) is 4.90 Å². The van der Waals surface area contributed by atoms with Crippen molar-refractivity contribution in [3.05, 3.63) is 47.5 Å². The molecule has 0 N–H and O–H groups in total. The van der Waals surface area contributed by atoms with E-state index in [0.717, 1.165) is 0 Å². The van der Waals surface area contributed by atoms with E-state index in [1.807, 2.05) is 6.07 Å². The van der Waals surface area contributed by atoms with Gasteiger partial charge in [-0.2, -0.15) is 13.7 Å². The van der Waals surface area contributed by atoms with Gasteiger partial charge in [0.15, 0.2) is 12.0 Å². The van der Waals surface area contributed by atoms with Crippen molar-refractivity contribution in [2.75, 3.05) is 14.2 Å². The number of benzene rings is 2. The molecule has 24 heavy (non-hydrogen) atoms. The normalized spacial score (nSPS) is 10.5. The minimum Gasteiger partial charge on any atom is -0.497 e. The first-order valence-electron chi connectivity index (χ1n) is 6.61. The maximum atomic E-state index is 12.5. The van der Waals surface area contributed by atoms with Crippen molar-refractivity contribution in [1.29, 1.82) is 5.26 Å². The number of nitrogens with zero attached hydrogens (tertiary/aromatic N) is 1. The Morgan fingerprint density at radius 3 is 2.38 bits per heavy atom. The standard InChI is InChI=1S/C16H13NO6S/c1-21-13-4-5-14(12(8-13)10-18)23-24(19,20)16-6-3-11(9-17)7-15(16)22-2/h3-8,10H,1-2H3. The van der Waals surface area contributed by atoms with Crippen LogP contribution in [0.1, 0.15) is 15.9 Å². The van der Waals surface area contributed by atoms with E-state index in [2.05, 4.69) is 0 Å². The molecule has 0 heterocycles. The van der Waals surface area contributed by atoms with E-state index in [9.17, 15) is 13.2 Å². The first-order chi connectivity index (χ1) is 11.4. The molecular formula is C16H13NO6S. The summed E-state index contributed by atoms with van der Waals surface area (Å²) in [6.45, 7) is 0. The van der Waals surface area contributed by atoms with Gasteiger partial charge in [-0.3, -0.25) is 4.79 Å². The Kier molecular flexibility index (Phi) is 5.06. The van der Waals surface area contributed by atoms with Gasteiger partial charge in [-0.25, -0.2) is 0 Å². The fourth-order valence-electron chi connectivity index (χ4n) is 1.93. The summed E-state index contributed by atoms with van der Waals surface area (Å²) < 4.78 is 40.0. The molecule has 0 spiro atoms. The highest BCUT2D eigenvalue weighted by molar-refractivity contribution is 7.87. The number of ether oxygens (including phenoxy) is 2. The molecule has 7 nitrogen and oxygen atoms in total. The lowest BCUT2D eigenvalue weighted by molar-refractivity contribution is 0.112. The second-order valence-corrected chi connectivity index (χ2v) is 6.05. The van der Waals surface area contributed by atoms with Crippen LogP contribution in [0.3, 0.4) is 0 Å². The predicted octanol–water partition coefficient (Wildman–Crippen LogP) is 2.16. The fraction of sp³-hybridized carbons (Fsp3) is 0.125. The summed E-state index contributed by atoms with van der Waals surface area (Å²) in [7, 11) is -1.57. The van der Waals surface area contributed by atoms with Crippen LogP contribution >= 0.6 is 0 Å². The molecule has 0 aliphatic carbocycles. The molecule has 0 saturated carbocycles. The second kappa shape index (κ2) is 7.02. The molecule has 0 bridgehead atoms. The summed E-state index contributed by atoms with van der Waals surface area (Å²) in [5.41, 5.74) is 0.259. The average molecular weight is 347 g/mol. The SMILES string of the molecule is COc1ccc(OS(=O)(=O)c2ccc(C#N)cc2OC)c(C=O)c1. The topological polar surface area (TPSA) is 103 Å². The lowest BCUT2D eigenvalue weighted by Crippen LogP contribution is -2.12. The summed E-state index contributed by atoms with van der Waals surface area (Å²) in [6.07, 6.45) is 0.462. The maximum Gasteiger partial charge on any atom is 0.342 e. The molecule has 0 saturated heterocycles. The van der Waals surface area contributed by atoms with Gasteiger partial charge < -0.3 is 13.7 Å². The zero-order valence-corrected chi connectivity index (χ0v) is 13.7. The number of rotatable bonds is 6. The molecule has 0 aliphatic rings. The average Bonchev–Trinajstić information content (AvgIpc) is 2.61. The minimum atomic E-state index is -4.27. The predicted molar refractivity (Wildman–Crippen MR) is 83.9 cm³/mol. The lowest BCUT2D eigenvalue weighted by Gasteiger charge is -2.12. The van der Waals surface area contributed by atoms with Crippen molar-refractivity contribution in [3.63, 3.8) is 0 Å². The molecule has 0 aromatic heterocycles. The Labute approximate surface area is 139 Å². The molecular weight excluding hydrogens is 334 g/mol. The number of aldehydes is 1. The van der Waals surface area contributed by atoms with Crippen LogP contribution in [0.4, 0.5) is 0 Å². The Hall–Kier alpha value is -3.05. The zero-order chi connectivity index (χ0) is 17.7. The Balaban J connectivity index is 2.46. The van der Waals surface area contributed by atoms with Gasteiger partial charge in [0, 0.05) is 0 Å². The van der Waals surface area contributed by atoms with Crippen LogP contribution in [0, 0.1) is 11.3 Å². The molecule has 2 aromatic rings. The summed E-state index contributed by atoms with van der Waals surface area (Å²) in [6, 6.07) is 9.84. The lowest BCUT2D eigenvalue weighted by atomic mass is 10.2. The van der Waals surface area contributed by atoms with Crippen molar-refractivity contribution < 1.29 is 26.9 Å². The Morgan fingerprint density at radius 1 is 1.04 bits per heavy atom. The summed E-state index contributed by atoms with van der Waals surface area (Å²) in [5, 5.41) is 8.87. The first kappa shape index (κ1) is 17.3. The van der Waals surface area contributed by atoms with Crippen LogP contribution in [0.5, 0.6) is 17.2 Å². The molecule has 0 unspecified atom stereocenters. The monoisotopic (exact) mass is 347 g/mol. The van der Waals surface area contributed by atoms with Gasteiger partial charge in [0.2, 0.25) is 0 Å². The quantitative estimate of drug-likeness (QED) is 0.582. The van der Waals surface area contributed by atoms with E-state index in [1.54, 1.807) is 0 Å². The van der Waals surface area contributed by atoms with E-state index < -0.39 is 10.1 Å². The van der Waals surface area contributed by atoms with Gasteiger partial charge in [-0.1, -0.05) is 0 Å². The first-order valence-corrected chi connectivity index (χ1v) is 8.02. The molecule has 0 amide bonds. The molecule has 0 atom stereocenters. The fourth-order valence-corrected chi connectivity index (χ4v) is 3.03. The Morgan fingerprint density at radius 2 is 1.79 bits per heavy atom. The number of carbonyl (C=O) groups excluding carboxylic acids is 1. The molecule has 124 valence electrons. The van der Waals surface area contributed by atoms with Crippen LogP contribution in [0.25, 0.3) is 0 Å². The van der Waals surface area contributed by atoms with E-state index in [4.69, 9.17) is 18.9 Å². The number of nitriles is 1. The molecule has 2 aromatic carbocycles. The van der Waals surface area contributed by atoms with Crippen molar-refractivity contribution in [2.24, 2.45) is 0 Å². The van der Waals surface area contributed by atoms with Gasteiger partial charge in [0.1, 0.15) is 16.4 Å². The summed E-state index contributed by atoms with van der Waals surface area (Å²) in [4.78, 5) is 10.9. The largest absolute Gasteiger partial charge is 0.497 e. The maximum absolute atomic E-state index is 12.5. The van der Waals surface area contributed by atoms with E-state index in [1.165, 1.54) is 50.6 Å². The van der Waals surface area contributed by atoms with Crippen LogP contribution in [-0.2, 0) is 10.1 Å². The van der Waals surface area contributed by atoms with Gasteiger partial charge in [-0.05, 0) is 36.4 Å². The minimum absolute atomic E-state index is 0.0190. The number of methoxy groups -OCH3 is 2.